The van der Waals surface area contributed by atoms with Crippen molar-refractivity contribution in [2.45, 2.75) is 39.5 Å². The number of hydrogen-bond acceptors (Lipinski definition) is 3. The van der Waals surface area contributed by atoms with E-state index < -0.39 is 0 Å². The van der Waals surface area contributed by atoms with Gasteiger partial charge < -0.3 is 9.47 Å². The van der Waals surface area contributed by atoms with Gasteiger partial charge in [-0.1, -0.05) is 26.7 Å². The number of carbonyl (C=O) groups is 1. The van der Waals surface area contributed by atoms with E-state index in [1.54, 1.807) is 31.4 Å². The smallest absolute Gasteiger partial charge is 0.314 e. The van der Waals surface area contributed by atoms with Crippen LogP contribution in [0.2, 0.25) is 0 Å². The highest BCUT2D eigenvalue weighted by molar-refractivity contribution is 5.75. The largest absolute Gasteiger partial charge is 0.497 e. The third-order valence-electron chi connectivity index (χ3n) is 3.01. The highest BCUT2D eigenvalue weighted by atomic mass is 16.5. The van der Waals surface area contributed by atoms with E-state index in [0.717, 1.165) is 31.4 Å². The van der Waals surface area contributed by atoms with Crippen LogP contribution in [0.3, 0.4) is 0 Å². The van der Waals surface area contributed by atoms with E-state index >= 15 is 0 Å². The van der Waals surface area contributed by atoms with Gasteiger partial charge in [-0.25, -0.2) is 0 Å². The summed E-state index contributed by atoms with van der Waals surface area (Å²) in [6, 6.07) is 7.08. The third kappa shape index (κ3) is 4.40. The molecule has 0 heterocycles. The van der Waals surface area contributed by atoms with Crippen molar-refractivity contribution in [1.82, 2.24) is 0 Å². The average molecular weight is 250 g/mol. The maximum atomic E-state index is 12.0. The first-order chi connectivity index (χ1) is 8.71. The molecule has 1 rings (SSSR count). The van der Waals surface area contributed by atoms with Crippen LogP contribution in [0.25, 0.3) is 0 Å². The molecule has 0 aliphatic rings. The van der Waals surface area contributed by atoms with Crippen molar-refractivity contribution >= 4 is 5.97 Å². The molecule has 0 spiro atoms. The fourth-order valence-electron chi connectivity index (χ4n) is 1.78. The molecule has 0 N–H and O–H groups in total. The Morgan fingerprint density at radius 1 is 1.17 bits per heavy atom. The summed E-state index contributed by atoms with van der Waals surface area (Å²) in [6.07, 6.45) is 3.90. The topological polar surface area (TPSA) is 35.5 Å². The first-order valence-corrected chi connectivity index (χ1v) is 6.57. The molecule has 0 aliphatic heterocycles. The van der Waals surface area contributed by atoms with Crippen LogP contribution in [0, 0.1) is 5.92 Å². The Hall–Kier alpha value is -1.51. The van der Waals surface area contributed by atoms with Gasteiger partial charge in [-0.15, -0.1) is 0 Å². The minimum Gasteiger partial charge on any atom is -0.497 e. The van der Waals surface area contributed by atoms with Gasteiger partial charge in [-0.3, -0.25) is 4.79 Å². The molecule has 0 fully saturated rings. The van der Waals surface area contributed by atoms with Gasteiger partial charge in [0.1, 0.15) is 11.5 Å². The van der Waals surface area contributed by atoms with Gasteiger partial charge in [0, 0.05) is 0 Å². The number of ether oxygens (including phenoxy) is 2. The van der Waals surface area contributed by atoms with Gasteiger partial charge >= 0.3 is 5.97 Å². The van der Waals surface area contributed by atoms with Gasteiger partial charge in [0.15, 0.2) is 0 Å². The van der Waals surface area contributed by atoms with E-state index in [-0.39, 0.29) is 11.9 Å². The molecule has 0 aliphatic carbocycles. The molecule has 1 atom stereocenters. The molecule has 0 saturated carbocycles. The van der Waals surface area contributed by atoms with Crippen LogP contribution in [0.5, 0.6) is 11.5 Å². The van der Waals surface area contributed by atoms with E-state index in [1.165, 1.54) is 0 Å². The number of esters is 1. The molecule has 0 aromatic heterocycles. The van der Waals surface area contributed by atoms with E-state index in [2.05, 4.69) is 6.92 Å². The van der Waals surface area contributed by atoms with Crippen molar-refractivity contribution in [2.24, 2.45) is 5.92 Å². The summed E-state index contributed by atoms with van der Waals surface area (Å²) >= 11 is 0. The molecular formula is C15H22O3. The Labute approximate surface area is 109 Å². The maximum absolute atomic E-state index is 12.0. The van der Waals surface area contributed by atoms with Crippen molar-refractivity contribution in [3.63, 3.8) is 0 Å². The van der Waals surface area contributed by atoms with Crippen molar-refractivity contribution in [3.8, 4) is 11.5 Å². The van der Waals surface area contributed by atoms with Crippen LogP contribution in [0.4, 0.5) is 0 Å². The van der Waals surface area contributed by atoms with Crippen LogP contribution in [0.15, 0.2) is 24.3 Å². The number of rotatable bonds is 7. The van der Waals surface area contributed by atoms with Crippen LogP contribution in [0.1, 0.15) is 39.5 Å². The van der Waals surface area contributed by atoms with Crippen LogP contribution in [-0.4, -0.2) is 13.1 Å². The normalized spacial score (nSPS) is 11.9. The summed E-state index contributed by atoms with van der Waals surface area (Å²) in [5.74, 6) is 1.21. The monoisotopic (exact) mass is 250 g/mol. The fraction of sp³-hybridized carbons (Fsp3) is 0.533. The number of hydrogen-bond donors (Lipinski definition) is 0. The number of unbranched alkanes of at least 4 members (excludes halogenated alkanes) is 1. The molecule has 100 valence electrons. The first-order valence-electron chi connectivity index (χ1n) is 6.57. The summed E-state index contributed by atoms with van der Waals surface area (Å²) < 4.78 is 10.4. The lowest BCUT2D eigenvalue weighted by Crippen LogP contribution is -2.19. The Balaban J connectivity index is 2.55. The molecule has 0 saturated heterocycles. The molecule has 1 aromatic carbocycles. The minimum atomic E-state index is -0.129. The number of benzene rings is 1. The van der Waals surface area contributed by atoms with Gasteiger partial charge in [0.2, 0.25) is 0 Å². The van der Waals surface area contributed by atoms with Crippen LogP contribution >= 0.6 is 0 Å². The van der Waals surface area contributed by atoms with Crippen molar-refractivity contribution in [1.29, 1.82) is 0 Å². The Kier molecular flexibility index (Phi) is 6.26. The second-order valence-electron chi connectivity index (χ2n) is 4.34. The van der Waals surface area contributed by atoms with Gasteiger partial charge in [0.25, 0.3) is 0 Å². The summed E-state index contributed by atoms with van der Waals surface area (Å²) in [6.45, 7) is 4.15. The van der Waals surface area contributed by atoms with E-state index in [0.29, 0.717) is 5.75 Å². The lowest BCUT2D eigenvalue weighted by atomic mass is 10.00. The molecular weight excluding hydrogens is 228 g/mol. The molecule has 3 heteroatoms. The molecule has 0 amide bonds. The summed E-state index contributed by atoms with van der Waals surface area (Å²) in [5, 5.41) is 0. The van der Waals surface area contributed by atoms with E-state index in [1.807, 2.05) is 6.92 Å². The van der Waals surface area contributed by atoms with Gasteiger partial charge in [0.05, 0.1) is 13.0 Å². The molecule has 3 nitrogen and oxygen atoms in total. The van der Waals surface area contributed by atoms with Crippen molar-refractivity contribution < 1.29 is 14.3 Å². The Morgan fingerprint density at radius 2 is 1.78 bits per heavy atom. The van der Waals surface area contributed by atoms with E-state index in [4.69, 9.17) is 9.47 Å². The zero-order valence-corrected chi connectivity index (χ0v) is 11.4. The quantitative estimate of drug-likeness (QED) is 0.545. The zero-order valence-electron chi connectivity index (χ0n) is 11.4. The summed E-state index contributed by atoms with van der Waals surface area (Å²) in [4.78, 5) is 12.0. The predicted molar refractivity (Wildman–Crippen MR) is 71.9 cm³/mol. The van der Waals surface area contributed by atoms with Crippen molar-refractivity contribution in [3.05, 3.63) is 24.3 Å². The number of methoxy groups -OCH3 is 1. The fourth-order valence-corrected chi connectivity index (χ4v) is 1.78. The highest BCUT2D eigenvalue weighted by Crippen LogP contribution is 2.20. The third-order valence-corrected chi connectivity index (χ3v) is 3.01. The SMILES string of the molecule is CCCCC(CC)C(=O)Oc1ccc(OC)cc1. The van der Waals surface area contributed by atoms with E-state index in [9.17, 15) is 4.79 Å². The second kappa shape index (κ2) is 7.75. The zero-order chi connectivity index (χ0) is 13.4. The summed E-state index contributed by atoms with van der Waals surface area (Å²) in [5.41, 5.74) is 0. The first kappa shape index (κ1) is 14.6. The molecule has 18 heavy (non-hydrogen) atoms. The maximum Gasteiger partial charge on any atom is 0.314 e. The van der Waals surface area contributed by atoms with Gasteiger partial charge in [-0.05, 0) is 37.1 Å². The minimum absolute atomic E-state index is 0.00653. The Morgan fingerprint density at radius 3 is 2.28 bits per heavy atom. The van der Waals surface area contributed by atoms with Crippen LogP contribution < -0.4 is 9.47 Å². The highest BCUT2D eigenvalue weighted by Gasteiger charge is 2.17. The predicted octanol–water partition coefficient (Wildman–Crippen LogP) is 3.82. The lowest BCUT2D eigenvalue weighted by Gasteiger charge is -2.13. The Bertz CT molecular complexity index is 357. The standard InChI is InChI=1S/C15H22O3/c1-4-6-7-12(5-2)15(16)18-14-10-8-13(17-3)9-11-14/h8-12H,4-7H2,1-3H3. The average Bonchev–Trinajstić information content (AvgIpc) is 2.40. The van der Waals surface area contributed by atoms with Crippen LogP contribution in [-0.2, 0) is 4.79 Å². The molecule has 1 aromatic rings. The van der Waals surface area contributed by atoms with Gasteiger partial charge in [-0.2, -0.15) is 0 Å². The molecule has 1 unspecified atom stereocenters. The molecule has 0 radical (unpaired) electrons. The van der Waals surface area contributed by atoms with Crippen molar-refractivity contribution in [2.75, 3.05) is 7.11 Å². The lowest BCUT2D eigenvalue weighted by molar-refractivity contribution is -0.139. The summed E-state index contributed by atoms with van der Waals surface area (Å²) in [7, 11) is 1.61. The molecule has 0 bridgehead atoms. The second-order valence-corrected chi connectivity index (χ2v) is 4.34. The number of carbonyl (C=O) groups excluding carboxylic acids is 1.